The van der Waals surface area contributed by atoms with Gasteiger partial charge in [0.2, 0.25) is 5.28 Å². The van der Waals surface area contributed by atoms with Gasteiger partial charge in [-0.15, -0.1) is 0 Å². The molecule has 6 heteroatoms. The molecule has 1 heterocycles. The number of aromatic nitrogens is 2. The molecule has 0 aliphatic heterocycles. The van der Waals surface area contributed by atoms with Gasteiger partial charge in [0.05, 0.1) is 5.69 Å². The van der Waals surface area contributed by atoms with Gasteiger partial charge >= 0.3 is 0 Å². The molecule has 1 aromatic carbocycles. The van der Waals surface area contributed by atoms with Crippen LogP contribution >= 0.6 is 23.2 Å². The molecular formula is C10H4Cl2F2N2. The molecule has 0 aliphatic rings. The number of halogens is 4. The minimum atomic E-state index is -0.955. The van der Waals surface area contributed by atoms with Crippen LogP contribution in [0.1, 0.15) is 0 Å². The Labute approximate surface area is 99.9 Å². The minimum absolute atomic E-state index is 0.0489. The van der Waals surface area contributed by atoms with Crippen LogP contribution in [0.3, 0.4) is 0 Å². The van der Waals surface area contributed by atoms with Gasteiger partial charge in [0.15, 0.2) is 11.6 Å². The minimum Gasteiger partial charge on any atom is -0.218 e. The molecule has 2 rings (SSSR count). The average Bonchev–Trinajstić information content (AvgIpc) is 2.20. The second-order valence-electron chi connectivity index (χ2n) is 2.97. The maximum atomic E-state index is 13.0. The van der Waals surface area contributed by atoms with E-state index in [0.717, 1.165) is 12.1 Å². The molecule has 0 spiro atoms. The van der Waals surface area contributed by atoms with E-state index in [1.165, 1.54) is 12.1 Å². The average molecular weight is 261 g/mol. The van der Waals surface area contributed by atoms with E-state index in [-0.39, 0.29) is 10.4 Å². The summed E-state index contributed by atoms with van der Waals surface area (Å²) < 4.78 is 25.7. The normalized spacial score (nSPS) is 10.5. The molecule has 0 saturated heterocycles. The van der Waals surface area contributed by atoms with Crippen molar-refractivity contribution in [1.29, 1.82) is 0 Å². The Bertz CT molecular complexity index is 526. The topological polar surface area (TPSA) is 25.8 Å². The Morgan fingerprint density at radius 1 is 0.938 bits per heavy atom. The zero-order valence-corrected chi connectivity index (χ0v) is 9.23. The molecule has 2 aromatic rings. The molecule has 0 fully saturated rings. The summed E-state index contributed by atoms with van der Waals surface area (Å²) in [6, 6.07) is 4.83. The lowest BCUT2D eigenvalue weighted by atomic mass is 10.1. The van der Waals surface area contributed by atoms with Crippen LogP contribution in [0.15, 0.2) is 24.3 Å². The summed E-state index contributed by atoms with van der Waals surface area (Å²) in [7, 11) is 0. The van der Waals surface area contributed by atoms with Gasteiger partial charge in [-0.3, -0.25) is 0 Å². The summed E-state index contributed by atoms with van der Waals surface area (Å²) in [4.78, 5) is 7.51. The van der Waals surface area contributed by atoms with Crippen LogP contribution in [0.4, 0.5) is 8.78 Å². The van der Waals surface area contributed by atoms with Crippen LogP contribution in [0.2, 0.25) is 10.4 Å². The fraction of sp³-hybridized carbons (Fsp3) is 0. The van der Waals surface area contributed by atoms with Crippen LogP contribution in [0.5, 0.6) is 0 Å². The van der Waals surface area contributed by atoms with E-state index in [1.54, 1.807) is 0 Å². The standard InChI is InChI=1S/C10H4Cl2F2N2/c11-9-4-8(15-10(12)16-9)5-1-2-6(13)7(14)3-5/h1-4H. The van der Waals surface area contributed by atoms with Crippen LogP contribution in [-0.4, -0.2) is 9.97 Å². The largest absolute Gasteiger partial charge is 0.224 e. The van der Waals surface area contributed by atoms with Crippen LogP contribution in [-0.2, 0) is 0 Å². The number of hydrogen-bond donors (Lipinski definition) is 0. The van der Waals surface area contributed by atoms with Crippen LogP contribution in [0, 0.1) is 11.6 Å². The van der Waals surface area contributed by atoms with Crippen molar-refractivity contribution in [2.75, 3.05) is 0 Å². The molecular weight excluding hydrogens is 257 g/mol. The summed E-state index contributed by atoms with van der Waals surface area (Å²) >= 11 is 11.3. The first kappa shape index (κ1) is 11.2. The van der Waals surface area contributed by atoms with Gasteiger partial charge in [0.1, 0.15) is 5.15 Å². The zero-order valence-electron chi connectivity index (χ0n) is 7.72. The third-order valence-electron chi connectivity index (χ3n) is 1.88. The summed E-state index contributed by atoms with van der Waals surface area (Å²) in [6.45, 7) is 0. The predicted octanol–water partition coefficient (Wildman–Crippen LogP) is 3.73. The quantitative estimate of drug-likeness (QED) is 0.577. The molecule has 0 amide bonds. The second kappa shape index (κ2) is 4.31. The third-order valence-corrected chi connectivity index (χ3v) is 2.25. The van der Waals surface area contributed by atoms with E-state index in [9.17, 15) is 8.78 Å². The Balaban J connectivity index is 2.54. The fourth-order valence-electron chi connectivity index (χ4n) is 1.19. The van der Waals surface area contributed by atoms with E-state index in [0.29, 0.717) is 11.3 Å². The monoisotopic (exact) mass is 260 g/mol. The number of benzene rings is 1. The molecule has 0 atom stereocenters. The van der Waals surface area contributed by atoms with Gasteiger partial charge in [0, 0.05) is 11.6 Å². The van der Waals surface area contributed by atoms with Crippen molar-refractivity contribution in [3.05, 3.63) is 46.3 Å². The van der Waals surface area contributed by atoms with E-state index >= 15 is 0 Å². The molecule has 0 N–H and O–H groups in total. The molecule has 16 heavy (non-hydrogen) atoms. The first-order chi connectivity index (χ1) is 7.56. The number of hydrogen-bond acceptors (Lipinski definition) is 2. The van der Waals surface area contributed by atoms with Gasteiger partial charge in [0.25, 0.3) is 0 Å². The maximum Gasteiger partial charge on any atom is 0.224 e. The maximum absolute atomic E-state index is 13.0. The summed E-state index contributed by atoms with van der Waals surface area (Å²) in [6.07, 6.45) is 0. The molecule has 0 unspecified atom stereocenters. The van der Waals surface area contributed by atoms with Crippen molar-refractivity contribution in [3.8, 4) is 11.3 Å². The predicted molar refractivity (Wildman–Crippen MR) is 57.4 cm³/mol. The Morgan fingerprint density at radius 2 is 1.69 bits per heavy atom. The fourth-order valence-corrected chi connectivity index (χ4v) is 1.60. The van der Waals surface area contributed by atoms with Gasteiger partial charge in [-0.05, 0) is 29.8 Å². The molecule has 0 aliphatic carbocycles. The van der Waals surface area contributed by atoms with Crippen molar-refractivity contribution in [3.63, 3.8) is 0 Å². The highest BCUT2D eigenvalue weighted by Crippen LogP contribution is 2.23. The lowest BCUT2D eigenvalue weighted by molar-refractivity contribution is 0.509. The molecule has 0 radical (unpaired) electrons. The number of nitrogens with zero attached hydrogens (tertiary/aromatic N) is 2. The zero-order chi connectivity index (χ0) is 11.7. The smallest absolute Gasteiger partial charge is 0.218 e. The highest BCUT2D eigenvalue weighted by atomic mass is 35.5. The lowest BCUT2D eigenvalue weighted by Gasteiger charge is -2.02. The van der Waals surface area contributed by atoms with Gasteiger partial charge < -0.3 is 0 Å². The summed E-state index contributed by atoms with van der Waals surface area (Å²) in [5, 5.41) is 0.0898. The van der Waals surface area contributed by atoms with E-state index in [1.807, 2.05) is 0 Å². The van der Waals surface area contributed by atoms with E-state index < -0.39 is 11.6 Å². The van der Waals surface area contributed by atoms with Gasteiger partial charge in [-0.1, -0.05) is 11.6 Å². The SMILES string of the molecule is Fc1ccc(-c2cc(Cl)nc(Cl)n2)cc1F. The highest BCUT2D eigenvalue weighted by Gasteiger charge is 2.07. The van der Waals surface area contributed by atoms with Crippen molar-refractivity contribution in [1.82, 2.24) is 9.97 Å². The van der Waals surface area contributed by atoms with E-state index in [4.69, 9.17) is 23.2 Å². The Hall–Kier alpha value is -1.26. The van der Waals surface area contributed by atoms with E-state index in [2.05, 4.69) is 9.97 Å². The van der Waals surface area contributed by atoms with Gasteiger partial charge in [-0.2, -0.15) is 0 Å². The van der Waals surface area contributed by atoms with Crippen molar-refractivity contribution < 1.29 is 8.78 Å². The molecule has 82 valence electrons. The van der Waals surface area contributed by atoms with Crippen LogP contribution < -0.4 is 0 Å². The van der Waals surface area contributed by atoms with Crippen LogP contribution in [0.25, 0.3) is 11.3 Å². The first-order valence-corrected chi connectivity index (χ1v) is 4.97. The lowest BCUT2D eigenvalue weighted by Crippen LogP contribution is -1.90. The molecule has 1 aromatic heterocycles. The number of rotatable bonds is 1. The molecule has 2 nitrogen and oxygen atoms in total. The Morgan fingerprint density at radius 3 is 2.31 bits per heavy atom. The van der Waals surface area contributed by atoms with Crippen molar-refractivity contribution in [2.24, 2.45) is 0 Å². The third kappa shape index (κ3) is 2.28. The molecule has 0 bridgehead atoms. The second-order valence-corrected chi connectivity index (χ2v) is 3.70. The van der Waals surface area contributed by atoms with Crippen molar-refractivity contribution in [2.45, 2.75) is 0 Å². The summed E-state index contributed by atoms with van der Waals surface area (Å²) in [5.74, 6) is -1.88. The molecule has 0 saturated carbocycles. The Kier molecular flexibility index (Phi) is 3.03. The van der Waals surface area contributed by atoms with Crippen molar-refractivity contribution >= 4 is 23.2 Å². The highest BCUT2D eigenvalue weighted by molar-refractivity contribution is 6.32. The van der Waals surface area contributed by atoms with Gasteiger partial charge in [-0.25, -0.2) is 18.7 Å². The summed E-state index contributed by atoms with van der Waals surface area (Å²) in [5.41, 5.74) is 0.717. The first-order valence-electron chi connectivity index (χ1n) is 4.22.